The van der Waals surface area contributed by atoms with E-state index in [1.54, 1.807) is 18.5 Å². The maximum atomic E-state index is 13.5. The Morgan fingerprint density at radius 1 is 1.00 bits per heavy atom. The summed E-state index contributed by atoms with van der Waals surface area (Å²) in [7, 11) is 0. The van der Waals surface area contributed by atoms with Gasteiger partial charge in [0.2, 0.25) is 0 Å². The van der Waals surface area contributed by atoms with Gasteiger partial charge in [-0.15, -0.1) is 0 Å². The van der Waals surface area contributed by atoms with Crippen LogP contribution in [0.3, 0.4) is 0 Å². The van der Waals surface area contributed by atoms with Crippen molar-refractivity contribution in [1.82, 2.24) is 19.9 Å². The first kappa shape index (κ1) is 20.4. The molecule has 1 aliphatic heterocycles. The van der Waals surface area contributed by atoms with E-state index in [2.05, 4.69) is 20.3 Å². The van der Waals surface area contributed by atoms with E-state index in [1.165, 1.54) is 6.07 Å². The topological polar surface area (TPSA) is 71.0 Å². The van der Waals surface area contributed by atoms with Crippen LogP contribution in [0.4, 0.5) is 19.0 Å². The fourth-order valence-corrected chi connectivity index (χ4v) is 4.69. The van der Waals surface area contributed by atoms with Gasteiger partial charge in [0.25, 0.3) is 5.91 Å². The fraction of sp³-hybridized carbons (Fsp3) is 0.304. The van der Waals surface area contributed by atoms with Crippen LogP contribution in [0.2, 0.25) is 0 Å². The van der Waals surface area contributed by atoms with Crippen molar-refractivity contribution in [1.29, 1.82) is 0 Å². The third-order valence-corrected chi connectivity index (χ3v) is 6.12. The Morgan fingerprint density at radius 3 is 2.53 bits per heavy atom. The SMILES string of the molecule is O=C(c1ncccc1-c1ccccn1)N1C[C@H]2C[C@@H](Nc3ccc(C(F)(F)F)cn3)[C@@H]1C2. The molecule has 3 atom stereocenters. The minimum Gasteiger partial charge on any atom is -0.365 e. The van der Waals surface area contributed by atoms with Gasteiger partial charge in [-0.05, 0) is 55.2 Å². The lowest BCUT2D eigenvalue weighted by Gasteiger charge is -2.34. The van der Waals surface area contributed by atoms with Crippen molar-refractivity contribution in [3.8, 4) is 11.3 Å². The number of fused-ring (bicyclic) bond motifs is 2. The highest BCUT2D eigenvalue weighted by atomic mass is 19.4. The van der Waals surface area contributed by atoms with Gasteiger partial charge in [-0.1, -0.05) is 6.07 Å². The van der Waals surface area contributed by atoms with Crippen LogP contribution in [-0.2, 0) is 6.18 Å². The second kappa shape index (κ2) is 7.89. The number of nitrogens with zero attached hydrogens (tertiary/aromatic N) is 4. The predicted octanol–water partition coefficient (Wildman–Crippen LogP) is 4.27. The molecule has 1 aliphatic carbocycles. The quantitative estimate of drug-likeness (QED) is 0.657. The lowest BCUT2D eigenvalue weighted by atomic mass is 10.0. The lowest BCUT2D eigenvalue weighted by Crippen LogP contribution is -2.48. The molecule has 164 valence electrons. The number of aromatic nitrogens is 3. The Balaban J connectivity index is 1.35. The molecule has 32 heavy (non-hydrogen) atoms. The maximum Gasteiger partial charge on any atom is 0.417 e. The normalized spacial score (nSPS) is 22.2. The molecular weight excluding hydrogens is 419 g/mol. The average molecular weight is 439 g/mol. The molecule has 1 N–H and O–H groups in total. The summed E-state index contributed by atoms with van der Waals surface area (Å²) < 4.78 is 38.4. The Labute approximate surface area is 182 Å². The minimum absolute atomic E-state index is 0.0739. The van der Waals surface area contributed by atoms with E-state index in [9.17, 15) is 18.0 Å². The summed E-state index contributed by atoms with van der Waals surface area (Å²) >= 11 is 0. The number of carbonyl (C=O) groups is 1. The molecule has 2 fully saturated rings. The van der Waals surface area contributed by atoms with Crippen LogP contribution >= 0.6 is 0 Å². The number of alkyl halides is 3. The molecule has 0 aromatic carbocycles. The van der Waals surface area contributed by atoms with Gasteiger partial charge in [0.05, 0.1) is 17.3 Å². The van der Waals surface area contributed by atoms with Crippen molar-refractivity contribution in [3.63, 3.8) is 0 Å². The number of piperidine rings is 1. The first-order valence-corrected chi connectivity index (χ1v) is 10.4. The Bertz CT molecular complexity index is 1120. The predicted molar refractivity (Wildman–Crippen MR) is 112 cm³/mol. The zero-order valence-corrected chi connectivity index (χ0v) is 17.0. The molecule has 3 aromatic rings. The van der Waals surface area contributed by atoms with Gasteiger partial charge in [0.1, 0.15) is 11.5 Å². The van der Waals surface area contributed by atoms with Gasteiger partial charge in [-0.25, -0.2) is 4.98 Å². The number of likely N-dealkylation sites (tertiary alicyclic amines) is 1. The Hall–Kier alpha value is -3.49. The molecule has 0 unspecified atom stereocenters. The summed E-state index contributed by atoms with van der Waals surface area (Å²) in [6.07, 6.45) is 1.35. The van der Waals surface area contributed by atoms with Crippen molar-refractivity contribution in [2.45, 2.75) is 31.1 Å². The van der Waals surface area contributed by atoms with Crippen LogP contribution < -0.4 is 5.32 Å². The second-order valence-corrected chi connectivity index (χ2v) is 8.16. The van der Waals surface area contributed by atoms with Crippen molar-refractivity contribution in [2.75, 3.05) is 11.9 Å². The van der Waals surface area contributed by atoms with E-state index in [0.717, 1.165) is 25.1 Å². The van der Waals surface area contributed by atoms with Gasteiger partial charge in [0, 0.05) is 36.7 Å². The minimum atomic E-state index is -4.42. The van der Waals surface area contributed by atoms with Crippen molar-refractivity contribution < 1.29 is 18.0 Å². The lowest BCUT2D eigenvalue weighted by molar-refractivity contribution is -0.137. The van der Waals surface area contributed by atoms with Gasteiger partial charge in [-0.3, -0.25) is 14.8 Å². The monoisotopic (exact) mass is 439 g/mol. The molecule has 6 nitrogen and oxygen atoms in total. The molecule has 2 aliphatic rings. The third-order valence-electron chi connectivity index (χ3n) is 6.12. The number of hydrogen-bond acceptors (Lipinski definition) is 5. The maximum absolute atomic E-state index is 13.5. The van der Waals surface area contributed by atoms with E-state index in [-0.39, 0.29) is 18.0 Å². The molecule has 0 radical (unpaired) electrons. The molecule has 1 amide bonds. The summed E-state index contributed by atoms with van der Waals surface area (Å²) in [6, 6.07) is 11.3. The number of halogens is 3. The first-order chi connectivity index (χ1) is 15.4. The van der Waals surface area contributed by atoms with Crippen LogP contribution in [0.25, 0.3) is 11.3 Å². The Morgan fingerprint density at radius 2 is 1.84 bits per heavy atom. The molecular formula is C23H20F3N5O. The van der Waals surface area contributed by atoms with Gasteiger partial charge in [-0.2, -0.15) is 13.2 Å². The zero-order valence-electron chi connectivity index (χ0n) is 17.0. The van der Waals surface area contributed by atoms with Crippen molar-refractivity contribution in [2.24, 2.45) is 5.92 Å². The molecule has 2 bridgehead atoms. The molecule has 0 spiro atoms. The largest absolute Gasteiger partial charge is 0.417 e. The summed E-state index contributed by atoms with van der Waals surface area (Å²) in [6.45, 7) is 0.639. The summed E-state index contributed by atoms with van der Waals surface area (Å²) in [5, 5.41) is 3.23. The van der Waals surface area contributed by atoms with Crippen LogP contribution in [0.5, 0.6) is 0 Å². The van der Waals surface area contributed by atoms with Crippen molar-refractivity contribution in [3.05, 3.63) is 72.3 Å². The smallest absolute Gasteiger partial charge is 0.365 e. The van der Waals surface area contributed by atoms with Gasteiger partial charge < -0.3 is 10.2 Å². The van der Waals surface area contributed by atoms with E-state index in [0.29, 0.717) is 35.2 Å². The number of rotatable bonds is 4. The molecule has 9 heteroatoms. The van der Waals surface area contributed by atoms with Crippen LogP contribution in [0.15, 0.2) is 61.1 Å². The van der Waals surface area contributed by atoms with Crippen molar-refractivity contribution >= 4 is 11.7 Å². The Kier molecular flexibility index (Phi) is 5.03. The number of hydrogen-bond donors (Lipinski definition) is 1. The number of anilines is 1. The summed E-state index contributed by atoms with van der Waals surface area (Å²) in [4.78, 5) is 27.9. The van der Waals surface area contributed by atoms with Crippen LogP contribution in [0.1, 0.15) is 28.9 Å². The van der Waals surface area contributed by atoms with E-state index < -0.39 is 11.7 Å². The molecule has 1 saturated heterocycles. The van der Waals surface area contributed by atoms with Crippen LogP contribution in [0, 0.1) is 5.92 Å². The van der Waals surface area contributed by atoms with E-state index >= 15 is 0 Å². The standard InChI is InChI=1S/C23H20F3N5O/c24-23(25,26)15-6-7-20(29-12-15)30-18-10-14-11-19(18)31(13-14)22(32)21-16(4-3-9-28-21)17-5-1-2-8-27-17/h1-9,12,14,18-19H,10-11,13H2,(H,29,30)/t14-,18+,19-/m0/s1. The third kappa shape index (κ3) is 3.79. The number of carbonyl (C=O) groups excluding carboxylic acids is 1. The van der Waals surface area contributed by atoms with Gasteiger partial charge in [0.15, 0.2) is 0 Å². The highest BCUT2D eigenvalue weighted by Gasteiger charge is 2.47. The number of nitrogens with one attached hydrogen (secondary N) is 1. The van der Waals surface area contributed by atoms with Gasteiger partial charge >= 0.3 is 6.18 Å². The zero-order chi connectivity index (χ0) is 22.3. The second-order valence-electron chi connectivity index (χ2n) is 8.16. The molecule has 4 heterocycles. The summed E-state index contributed by atoms with van der Waals surface area (Å²) in [5.41, 5.74) is 0.918. The number of amides is 1. The van der Waals surface area contributed by atoms with Crippen LogP contribution in [-0.4, -0.2) is 44.4 Å². The first-order valence-electron chi connectivity index (χ1n) is 10.4. The fourth-order valence-electron chi connectivity index (χ4n) is 4.69. The number of pyridine rings is 3. The van der Waals surface area contributed by atoms with E-state index in [4.69, 9.17) is 0 Å². The highest BCUT2D eigenvalue weighted by Crippen LogP contribution is 2.40. The molecule has 5 rings (SSSR count). The van der Waals surface area contributed by atoms with E-state index in [1.807, 2.05) is 29.2 Å². The highest BCUT2D eigenvalue weighted by molar-refractivity contribution is 5.99. The summed E-state index contributed by atoms with van der Waals surface area (Å²) in [5.74, 6) is 0.540. The molecule has 3 aromatic heterocycles. The molecule has 1 saturated carbocycles. The average Bonchev–Trinajstić information content (AvgIpc) is 3.40.